The second kappa shape index (κ2) is 4.15. The van der Waals surface area contributed by atoms with Gasteiger partial charge in [0, 0.05) is 11.6 Å². The van der Waals surface area contributed by atoms with Gasteiger partial charge in [0.1, 0.15) is 0 Å². The number of halogens is 3. The van der Waals surface area contributed by atoms with E-state index in [-0.39, 0.29) is 0 Å². The molecule has 0 unspecified atom stereocenters. The van der Waals surface area contributed by atoms with Gasteiger partial charge in [-0.3, -0.25) is 0 Å². The fraction of sp³-hybridized carbons (Fsp3) is 0.308. The molecule has 0 aliphatic carbocycles. The van der Waals surface area contributed by atoms with Gasteiger partial charge in [0.2, 0.25) is 5.69 Å². The number of nitrogens with zero attached hydrogens (tertiary/aromatic N) is 2. The number of hydrogen-bond donors (Lipinski definition) is 0. The smallest absolute Gasteiger partial charge is 0.164 e. The van der Waals surface area contributed by atoms with E-state index >= 15 is 0 Å². The molecule has 0 amide bonds. The molecule has 2 rings (SSSR count). The average molecular weight is 255 g/mol. The van der Waals surface area contributed by atoms with E-state index in [1.807, 2.05) is 31.2 Å². The minimum atomic E-state index is -4.34. The van der Waals surface area contributed by atoms with Crippen molar-refractivity contribution in [1.29, 1.82) is 0 Å². The molecule has 1 aromatic carbocycles. The Morgan fingerprint density at radius 2 is 1.67 bits per heavy atom. The highest BCUT2D eigenvalue weighted by Crippen LogP contribution is 2.30. The highest BCUT2D eigenvalue weighted by Gasteiger charge is 2.39. The van der Waals surface area contributed by atoms with Gasteiger partial charge in [-0.05, 0) is 19.1 Å². The Hall–Kier alpha value is -1.78. The van der Waals surface area contributed by atoms with Gasteiger partial charge in [-0.1, -0.05) is 17.7 Å². The Labute approximate surface area is 103 Å². The maximum absolute atomic E-state index is 12.8. The van der Waals surface area contributed by atoms with Crippen LogP contribution < -0.4 is 4.68 Å². The molecule has 0 aliphatic heterocycles. The lowest BCUT2D eigenvalue weighted by molar-refractivity contribution is -0.742. The van der Waals surface area contributed by atoms with Crippen molar-refractivity contribution in [3.8, 4) is 11.3 Å². The summed E-state index contributed by atoms with van der Waals surface area (Å²) < 4.78 is 41.0. The molecule has 0 radical (unpaired) electrons. The summed E-state index contributed by atoms with van der Waals surface area (Å²) in [5, 5.41) is 0. The van der Waals surface area contributed by atoms with Crippen LogP contribution in [0.15, 0.2) is 30.3 Å². The van der Waals surface area contributed by atoms with Gasteiger partial charge < -0.3 is 0 Å². The molecule has 0 N–H and O–H groups in total. The normalized spacial score (nSPS) is 11.9. The van der Waals surface area contributed by atoms with Gasteiger partial charge in [0.15, 0.2) is 12.7 Å². The van der Waals surface area contributed by atoms with E-state index < -0.39 is 11.9 Å². The largest absolute Gasteiger partial charge is 0.437 e. The first-order valence-corrected chi connectivity index (χ1v) is 5.51. The van der Waals surface area contributed by atoms with Crippen LogP contribution in [0.4, 0.5) is 13.2 Å². The summed E-state index contributed by atoms with van der Waals surface area (Å²) in [4.78, 5) is 0. The van der Waals surface area contributed by atoms with Crippen LogP contribution in [-0.4, -0.2) is 4.68 Å². The van der Waals surface area contributed by atoms with Crippen molar-refractivity contribution in [1.82, 2.24) is 4.68 Å². The summed E-state index contributed by atoms with van der Waals surface area (Å²) in [5.41, 5.74) is 1.74. The first kappa shape index (κ1) is 12.7. The monoisotopic (exact) mass is 255 g/mol. The molecule has 2 nitrogen and oxygen atoms in total. The van der Waals surface area contributed by atoms with Crippen LogP contribution in [0.1, 0.15) is 11.3 Å². The molecule has 96 valence electrons. The van der Waals surface area contributed by atoms with E-state index in [2.05, 4.69) is 0 Å². The minimum Gasteiger partial charge on any atom is -0.164 e. The predicted octanol–water partition coefficient (Wildman–Crippen LogP) is 2.84. The number of rotatable bonds is 1. The van der Waals surface area contributed by atoms with E-state index in [1.165, 1.54) is 17.8 Å². The quantitative estimate of drug-likeness (QED) is 0.693. The van der Waals surface area contributed by atoms with Crippen LogP contribution in [0.5, 0.6) is 0 Å². The summed E-state index contributed by atoms with van der Waals surface area (Å²) in [6.45, 7) is 1.94. The van der Waals surface area contributed by atoms with Crippen LogP contribution in [0, 0.1) is 6.92 Å². The molecule has 18 heavy (non-hydrogen) atoms. The van der Waals surface area contributed by atoms with Crippen molar-refractivity contribution in [2.75, 3.05) is 0 Å². The molecule has 0 aliphatic rings. The SMILES string of the molecule is Cc1ccc(-c2cc(C(F)(F)F)n(C)[n+]2C)cc1. The van der Waals surface area contributed by atoms with Gasteiger partial charge >= 0.3 is 6.18 Å². The van der Waals surface area contributed by atoms with Crippen molar-refractivity contribution in [3.05, 3.63) is 41.6 Å². The fourth-order valence-electron chi connectivity index (χ4n) is 1.90. The van der Waals surface area contributed by atoms with Crippen molar-refractivity contribution in [3.63, 3.8) is 0 Å². The Bertz CT molecular complexity index is 565. The summed E-state index contributed by atoms with van der Waals surface area (Å²) in [7, 11) is 3.02. The van der Waals surface area contributed by atoms with E-state index in [0.29, 0.717) is 5.69 Å². The molecule has 2 aromatic rings. The van der Waals surface area contributed by atoms with Crippen molar-refractivity contribution in [2.24, 2.45) is 14.1 Å². The Morgan fingerprint density at radius 3 is 2.11 bits per heavy atom. The van der Waals surface area contributed by atoms with Crippen LogP contribution >= 0.6 is 0 Å². The van der Waals surface area contributed by atoms with E-state index in [1.54, 1.807) is 7.05 Å². The second-order valence-electron chi connectivity index (χ2n) is 4.33. The average Bonchev–Trinajstić information content (AvgIpc) is 2.57. The van der Waals surface area contributed by atoms with E-state index in [9.17, 15) is 13.2 Å². The number of alkyl halides is 3. The van der Waals surface area contributed by atoms with Gasteiger partial charge in [-0.25, -0.2) is 0 Å². The number of aryl methyl sites for hydroxylation is 1. The van der Waals surface area contributed by atoms with Crippen LogP contribution in [0.3, 0.4) is 0 Å². The Morgan fingerprint density at radius 1 is 1.11 bits per heavy atom. The molecule has 0 saturated heterocycles. The molecule has 0 atom stereocenters. The maximum atomic E-state index is 12.8. The molecular formula is C13H14F3N2+. The van der Waals surface area contributed by atoms with Gasteiger partial charge in [0.25, 0.3) is 0 Å². The van der Waals surface area contributed by atoms with Crippen molar-refractivity contribution in [2.45, 2.75) is 13.1 Å². The standard InChI is InChI=1S/C13H14F3N2/c1-9-4-6-10(7-5-9)11-8-12(13(14,15)16)18(3)17(11)2/h4-8H,1-3H3/q+1. The molecule has 0 fully saturated rings. The highest BCUT2D eigenvalue weighted by atomic mass is 19.4. The lowest BCUT2D eigenvalue weighted by Gasteiger charge is -2.03. The van der Waals surface area contributed by atoms with Crippen molar-refractivity contribution < 1.29 is 17.9 Å². The summed E-state index contributed by atoms with van der Waals surface area (Å²) >= 11 is 0. The fourth-order valence-corrected chi connectivity index (χ4v) is 1.90. The minimum absolute atomic E-state index is 0.546. The third-order valence-electron chi connectivity index (χ3n) is 3.06. The lowest BCUT2D eigenvalue weighted by Crippen LogP contribution is -2.40. The van der Waals surface area contributed by atoms with Crippen LogP contribution in [-0.2, 0) is 20.3 Å². The number of hydrogen-bond acceptors (Lipinski definition) is 0. The number of benzene rings is 1. The summed E-state index contributed by atoms with van der Waals surface area (Å²) in [6.07, 6.45) is -4.34. The van der Waals surface area contributed by atoms with Crippen molar-refractivity contribution >= 4 is 0 Å². The molecule has 5 heteroatoms. The predicted molar refractivity (Wildman–Crippen MR) is 61.8 cm³/mol. The zero-order chi connectivity index (χ0) is 13.5. The molecule has 1 heterocycles. The Balaban J connectivity index is 2.56. The highest BCUT2D eigenvalue weighted by molar-refractivity contribution is 5.57. The van der Waals surface area contributed by atoms with E-state index in [4.69, 9.17) is 0 Å². The summed E-state index contributed by atoms with van der Waals surface area (Å²) in [5.74, 6) is 0. The Kier molecular flexibility index (Phi) is 2.92. The molecular weight excluding hydrogens is 241 g/mol. The lowest BCUT2D eigenvalue weighted by atomic mass is 10.1. The second-order valence-corrected chi connectivity index (χ2v) is 4.33. The van der Waals surface area contributed by atoms with Gasteiger partial charge in [-0.2, -0.15) is 17.9 Å². The van der Waals surface area contributed by atoms with Crippen LogP contribution in [0.2, 0.25) is 0 Å². The summed E-state index contributed by atoms with van der Waals surface area (Å²) in [6, 6.07) is 8.59. The van der Waals surface area contributed by atoms with Gasteiger partial charge in [0.05, 0.1) is 7.05 Å². The van der Waals surface area contributed by atoms with Crippen LogP contribution in [0.25, 0.3) is 11.3 Å². The first-order valence-electron chi connectivity index (χ1n) is 5.51. The third kappa shape index (κ3) is 2.12. The third-order valence-corrected chi connectivity index (χ3v) is 3.06. The topological polar surface area (TPSA) is 8.81 Å². The number of aromatic nitrogens is 2. The molecule has 0 spiro atoms. The molecule has 0 saturated carbocycles. The molecule has 1 aromatic heterocycles. The zero-order valence-electron chi connectivity index (χ0n) is 10.4. The first-order chi connectivity index (χ1) is 8.30. The van der Waals surface area contributed by atoms with Gasteiger partial charge in [-0.15, -0.1) is 4.68 Å². The van der Waals surface area contributed by atoms with E-state index in [0.717, 1.165) is 15.8 Å². The zero-order valence-corrected chi connectivity index (χ0v) is 10.4. The molecule has 0 bridgehead atoms. The maximum Gasteiger partial charge on any atom is 0.437 e.